The average Bonchev–Trinajstić information content (AvgIpc) is 2.36. The maximum atomic E-state index is 11.9. The summed E-state index contributed by atoms with van der Waals surface area (Å²) in [7, 11) is 7.33. The molecule has 1 aromatic carbocycles. The largest absolute Gasteiger partial charge is 0.364 e. The molecule has 0 heterocycles. The molecule has 1 amide bonds. The van der Waals surface area contributed by atoms with Crippen molar-refractivity contribution in [3.8, 4) is 0 Å². The number of hydrogen-bond donors (Lipinski definition) is 1. The Morgan fingerprint density at radius 3 is 2.10 bits per heavy atom. The summed E-state index contributed by atoms with van der Waals surface area (Å²) in [4.78, 5) is 15.4. The smallest absolute Gasteiger partial charge is 0.249 e. The number of benzene rings is 1. The minimum atomic E-state index is -0.0422. The highest BCUT2D eigenvalue weighted by Gasteiger charge is 2.18. The molecule has 116 valence electrons. The second kappa shape index (κ2) is 6.66. The molecule has 0 radical (unpaired) electrons. The third-order valence-electron chi connectivity index (χ3n) is 3.18. The highest BCUT2D eigenvalue weighted by molar-refractivity contribution is 5.88. The Kier molecular flexibility index (Phi) is 5.41. The summed E-state index contributed by atoms with van der Waals surface area (Å²) in [5.41, 5.74) is 2.28. The van der Waals surface area contributed by atoms with Crippen molar-refractivity contribution in [1.29, 1.82) is 0 Å². The number of likely N-dealkylation sites (N-methyl/N-ethyl adjacent to an activating group) is 1. The molecule has 21 heavy (non-hydrogen) atoms. The number of amides is 1. The first-order valence-corrected chi connectivity index (χ1v) is 7.09. The summed E-state index contributed by atoms with van der Waals surface area (Å²) in [5.74, 6) is 0.727. The van der Waals surface area contributed by atoms with Crippen LogP contribution in [-0.2, 0) is 10.2 Å². The molecule has 0 bridgehead atoms. The molecule has 1 aromatic rings. The number of nitrogens with one attached hydrogen (secondary N) is 1. The van der Waals surface area contributed by atoms with E-state index < -0.39 is 0 Å². The Morgan fingerprint density at radius 1 is 1.05 bits per heavy atom. The topological polar surface area (TPSA) is 35.6 Å². The third-order valence-corrected chi connectivity index (χ3v) is 3.18. The minimum Gasteiger partial charge on any atom is -0.364 e. The van der Waals surface area contributed by atoms with Crippen molar-refractivity contribution in [3.05, 3.63) is 41.7 Å². The van der Waals surface area contributed by atoms with Gasteiger partial charge in [-0.25, -0.2) is 0 Å². The molecule has 0 saturated carbocycles. The van der Waals surface area contributed by atoms with Gasteiger partial charge >= 0.3 is 0 Å². The molecule has 0 unspecified atom stereocenters. The second-order valence-corrected chi connectivity index (χ2v) is 6.58. The van der Waals surface area contributed by atoms with Gasteiger partial charge in [0.15, 0.2) is 0 Å². The van der Waals surface area contributed by atoms with Crippen LogP contribution in [-0.4, -0.2) is 43.9 Å². The molecule has 0 aliphatic heterocycles. The van der Waals surface area contributed by atoms with Gasteiger partial charge in [-0.1, -0.05) is 39.0 Å². The number of nitrogens with zero attached hydrogens (tertiary/aromatic N) is 2. The summed E-state index contributed by atoms with van der Waals surface area (Å²) in [6, 6.07) is 8.19. The normalized spacial score (nSPS) is 12.0. The molecular formula is C17H27N3O. The molecule has 4 heteroatoms. The SMILES string of the molecule is CN(C)C(=O)/C=C(\Nc1ccccc1C(C)(C)C)N(C)C. The Bertz CT molecular complexity index is 525. The first kappa shape index (κ1) is 17.1. The van der Waals surface area contributed by atoms with Crippen LogP contribution in [0, 0.1) is 0 Å². The van der Waals surface area contributed by atoms with Gasteiger partial charge < -0.3 is 15.1 Å². The first-order chi connectivity index (χ1) is 9.62. The summed E-state index contributed by atoms with van der Waals surface area (Å²) in [6.45, 7) is 6.53. The third kappa shape index (κ3) is 4.81. The lowest BCUT2D eigenvalue weighted by Crippen LogP contribution is -2.26. The molecule has 0 fully saturated rings. The van der Waals surface area contributed by atoms with Gasteiger partial charge in [-0.15, -0.1) is 0 Å². The van der Waals surface area contributed by atoms with Crippen LogP contribution >= 0.6 is 0 Å². The lowest BCUT2D eigenvalue weighted by molar-refractivity contribution is -0.123. The van der Waals surface area contributed by atoms with Crippen LogP contribution in [0.15, 0.2) is 36.2 Å². The fourth-order valence-electron chi connectivity index (χ4n) is 1.91. The minimum absolute atomic E-state index is 0.0343. The monoisotopic (exact) mass is 289 g/mol. The zero-order valence-corrected chi connectivity index (χ0v) is 14.2. The van der Waals surface area contributed by atoms with E-state index in [0.29, 0.717) is 0 Å². The van der Waals surface area contributed by atoms with Crippen LogP contribution in [0.4, 0.5) is 5.69 Å². The Hall–Kier alpha value is -1.97. The van der Waals surface area contributed by atoms with E-state index >= 15 is 0 Å². The van der Waals surface area contributed by atoms with Gasteiger partial charge in [0.1, 0.15) is 5.82 Å². The summed E-state index contributed by atoms with van der Waals surface area (Å²) in [6.07, 6.45) is 1.61. The zero-order chi connectivity index (χ0) is 16.2. The molecule has 4 nitrogen and oxygen atoms in total. The van der Waals surface area contributed by atoms with Crippen molar-refractivity contribution >= 4 is 11.6 Å². The second-order valence-electron chi connectivity index (χ2n) is 6.58. The Morgan fingerprint density at radius 2 is 1.62 bits per heavy atom. The molecular weight excluding hydrogens is 262 g/mol. The van der Waals surface area contributed by atoms with Crippen LogP contribution in [0.1, 0.15) is 26.3 Å². The van der Waals surface area contributed by atoms with Crippen LogP contribution in [0.2, 0.25) is 0 Å². The van der Waals surface area contributed by atoms with Crippen molar-refractivity contribution in [3.63, 3.8) is 0 Å². The molecule has 0 spiro atoms. The zero-order valence-electron chi connectivity index (χ0n) is 14.2. The number of carbonyl (C=O) groups is 1. The van der Waals surface area contributed by atoms with E-state index in [2.05, 4.69) is 32.2 Å². The van der Waals surface area contributed by atoms with Gasteiger partial charge in [-0.2, -0.15) is 0 Å². The average molecular weight is 289 g/mol. The van der Waals surface area contributed by atoms with Gasteiger partial charge in [0, 0.05) is 40.0 Å². The molecule has 0 aromatic heterocycles. The number of rotatable bonds is 4. The standard InChI is InChI=1S/C17H27N3O/c1-17(2,3)13-10-8-9-11-14(13)18-15(19(4)5)12-16(21)20(6)7/h8-12,18H,1-7H3/b15-12+. The Labute approximate surface area is 128 Å². The maximum Gasteiger partial charge on any atom is 0.249 e. The maximum absolute atomic E-state index is 11.9. The molecule has 0 aliphatic rings. The van der Waals surface area contributed by atoms with Crippen molar-refractivity contribution in [2.75, 3.05) is 33.5 Å². The fourth-order valence-corrected chi connectivity index (χ4v) is 1.91. The highest BCUT2D eigenvalue weighted by Crippen LogP contribution is 2.30. The molecule has 0 aliphatic carbocycles. The number of hydrogen-bond acceptors (Lipinski definition) is 3. The van der Waals surface area contributed by atoms with Crippen molar-refractivity contribution < 1.29 is 4.79 Å². The highest BCUT2D eigenvalue weighted by atomic mass is 16.2. The first-order valence-electron chi connectivity index (χ1n) is 7.09. The van der Waals surface area contributed by atoms with Crippen molar-refractivity contribution in [1.82, 2.24) is 9.80 Å². The summed E-state index contributed by atoms with van der Waals surface area (Å²) in [5, 5.41) is 3.38. The van der Waals surface area contributed by atoms with E-state index in [1.807, 2.05) is 37.2 Å². The summed E-state index contributed by atoms with van der Waals surface area (Å²) < 4.78 is 0. The van der Waals surface area contributed by atoms with E-state index in [9.17, 15) is 4.79 Å². The number of para-hydroxylation sites is 1. The molecule has 1 N–H and O–H groups in total. The van der Waals surface area contributed by atoms with Gasteiger partial charge in [0.05, 0.1) is 0 Å². The van der Waals surface area contributed by atoms with Gasteiger partial charge in [-0.05, 0) is 17.0 Å². The molecule has 0 atom stereocenters. The number of anilines is 1. The lowest BCUT2D eigenvalue weighted by atomic mass is 9.86. The molecule has 1 rings (SSSR count). The van der Waals surface area contributed by atoms with Crippen LogP contribution < -0.4 is 5.32 Å². The van der Waals surface area contributed by atoms with Gasteiger partial charge in [0.2, 0.25) is 5.91 Å². The molecule has 0 saturated heterocycles. The predicted octanol–water partition coefficient (Wildman–Crippen LogP) is 2.89. The van der Waals surface area contributed by atoms with E-state index in [-0.39, 0.29) is 11.3 Å². The van der Waals surface area contributed by atoms with Gasteiger partial charge in [-0.3, -0.25) is 4.79 Å². The van der Waals surface area contributed by atoms with Crippen molar-refractivity contribution in [2.45, 2.75) is 26.2 Å². The van der Waals surface area contributed by atoms with Crippen LogP contribution in [0.25, 0.3) is 0 Å². The predicted molar refractivity (Wildman–Crippen MR) is 89.2 cm³/mol. The quantitative estimate of drug-likeness (QED) is 0.866. The van der Waals surface area contributed by atoms with Gasteiger partial charge in [0.25, 0.3) is 0 Å². The van der Waals surface area contributed by atoms with E-state index in [1.54, 1.807) is 25.1 Å². The summed E-state index contributed by atoms with van der Waals surface area (Å²) >= 11 is 0. The van der Waals surface area contributed by atoms with E-state index in [4.69, 9.17) is 0 Å². The van der Waals surface area contributed by atoms with Crippen LogP contribution in [0.5, 0.6) is 0 Å². The fraction of sp³-hybridized carbons (Fsp3) is 0.471. The van der Waals surface area contributed by atoms with E-state index in [0.717, 1.165) is 11.5 Å². The van der Waals surface area contributed by atoms with E-state index in [1.165, 1.54) is 5.56 Å². The lowest BCUT2D eigenvalue weighted by Gasteiger charge is -2.26. The number of carbonyl (C=O) groups excluding carboxylic acids is 1. The van der Waals surface area contributed by atoms with Crippen LogP contribution in [0.3, 0.4) is 0 Å². The Balaban J connectivity index is 3.15. The van der Waals surface area contributed by atoms with Crippen molar-refractivity contribution in [2.24, 2.45) is 0 Å².